The Labute approximate surface area is 99.2 Å². The highest BCUT2D eigenvalue weighted by molar-refractivity contribution is 7.99. The van der Waals surface area contributed by atoms with E-state index in [1.54, 1.807) is 0 Å². The summed E-state index contributed by atoms with van der Waals surface area (Å²) in [7, 11) is 0. The van der Waals surface area contributed by atoms with Crippen LogP contribution in [-0.4, -0.2) is 35.0 Å². The van der Waals surface area contributed by atoms with E-state index in [1.165, 1.54) is 24.6 Å². The fourth-order valence-electron chi connectivity index (χ4n) is 2.10. The summed E-state index contributed by atoms with van der Waals surface area (Å²) in [6.07, 6.45) is 3.69. The van der Waals surface area contributed by atoms with E-state index >= 15 is 0 Å². The molecule has 0 heterocycles. The van der Waals surface area contributed by atoms with Gasteiger partial charge in [-0.15, -0.1) is 11.8 Å². The Balaban J connectivity index is 1.50. The molecule has 0 aromatic rings. The van der Waals surface area contributed by atoms with Crippen LogP contribution >= 0.6 is 11.8 Å². The zero-order valence-corrected chi connectivity index (χ0v) is 9.96. The van der Waals surface area contributed by atoms with Crippen molar-refractivity contribution in [1.29, 1.82) is 0 Å². The summed E-state index contributed by atoms with van der Waals surface area (Å²) in [5, 5.41) is 11.3. The van der Waals surface area contributed by atoms with E-state index in [4.69, 9.17) is 5.11 Å². The van der Waals surface area contributed by atoms with Crippen molar-refractivity contribution in [3.63, 3.8) is 0 Å². The molecule has 2 saturated carbocycles. The molecular formula is C11H17NO3S. The Bertz CT molecular complexity index is 291. The largest absolute Gasteiger partial charge is 0.481 e. The van der Waals surface area contributed by atoms with Crippen LogP contribution in [0.25, 0.3) is 0 Å². The lowest BCUT2D eigenvalue weighted by molar-refractivity contribution is -0.133. The van der Waals surface area contributed by atoms with Crippen LogP contribution in [0.3, 0.4) is 0 Å². The van der Waals surface area contributed by atoms with Crippen LogP contribution < -0.4 is 5.32 Å². The summed E-state index contributed by atoms with van der Waals surface area (Å²) in [4.78, 5) is 21.8. The van der Waals surface area contributed by atoms with E-state index in [-0.39, 0.29) is 17.6 Å². The van der Waals surface area contributed by atoms with Crippen molar-refractivity contribution in [3.05, 3.63) is 0 Å². The molecule has 2 unspecified atom stereocenters. The molecule has 2 N–H and O–H groups in total. The Kier molecular flexibility index (Phi) is 3.74. The van der Waals surface area contributed by atoms with E-state index < -0.39 is 5.97 Å². The van der Waals surface area contributed by atoms with Gasteiger partial charge in [0.1, 0.15) is 0 Å². The number of carbonyl (C=O) groups excluding carboxylic acids is 1. The first kappa shape index (κ1) is 11.8. The summed E-state index contributed by atoms with van der Waals surface area (Å²) in [5.41, 5.74) is 0. The monoisotopic (exact) mass is 243 g/mol. The maximum atomic E-state index is 11.6. The van der Waals surface area contributed by atoms with Crippen LogP contribution in [-0.2, 0) is 9.59 Å². The number of rotatable bonds is 7. The summed E-state index contributed by atoms with van der Waals surface area (Å²) in [6.45, 7) is 0.588. The van der Waals surface area contributed by atoms with Crippen molar-refractivity contribution in [2.24, 2.45) is 17.8 Å². The van der Waals surface area contributed by atoms with Crippen LogP contribution in [0.4, 0.5) is 0 Å². The summed E-state index contributed by atoms with van der Waals surface area (Å²) in [6, 6.07) is 0. The highest BCUT2D eigenvalue weighted by Gasteiger charge is 2.50. The van der Waals surface area contributed by atoms with Crippen molar-refractivity contribution in [1.82, 2.24) is 5.32 Å². The summed E-state index contributed by atoms with van der Waals surface area (Å²) in [5.74, 6) is 1.92. The maximum absolute atomic E-state index is 11.6. The predicted molar refractivity (Wildman–Crippen MR) is 62.3 cm³/mol. The van der Waals surface area contributed by atoms with Crippen molar-refractivity contribution in [2.45, 2.75) is 19.3 Å². The lowest BCUT2D eigenvalue weighted by atomic mass is 10.2. The van der Waals surface area contributed by atoms with Gasteiger partial charge in [0.15, 0.2) is 0 Å². The molecule has 0 aromatic carbocycles. The lowest BCUT2D eigenvalue weighted by Crippen LogP contribution is -2.28. The number of aliphatic carboxylic acids is 1. The summed E-state index contributed by atoms with van der Waals surface area (Å²) >= 11 is 1.34. The quantitative estimate of drug-likeness (QED) is 0.654. The van der Waals surface area contributed by atoms with E-state index in [0.717, 1.165) is 12.3 Å². The van der Waals surface area contributed by atoms with E-state index in [2.05, 4.69) is 5.32 Å². The minimum Gasteiger partial charge on any atom is -0.481 e. The van der Waals surface area contributed by atoms with Gasteiger partial charge in [-0.2, -0.15) is 0 Å². The lowest BCUT2D eigenvalue weighted by Gasteiger charge is -2.03. The molecule has 2 aliphatic rings. The van der Waals surface area contributed by atoms with E-state index in [0.29, 0.717) is 18.2 Å². The zero-order valence-electron chi connectivity index (χ0n) is 9.15. The number of carbonyl (C=O) groups is 2. The Hall–Kier alpha value is -0.710. The van der Waals surface area contributed by atoms with Gasteiger partial charge in [0.25, 0.3) is 0 Å². The van der Waals surface area contributed by atoms with Gasteiger partial charge in [-0.05, 0) is 31.1 Å². The van der Waals surface area contributed by atoms with Crippen LogP contribution in [0, 0.1) is 17.8 Å². The first-order valence-electron chi connectivity index (χ1n) is 5.75. The topological polar surface area (TPSA) is 66.4 Å². The molecule has 0 saturated heterocycles. The minimum atomic E-state index is -0.799. The van der Waals surface area contributed by atoms with Gasteiger partial charge in [0, 0.05) is 18.2 Å². The first-order valence-corrected chi connectivity index (χ1v) is 6.91. The predicted octanol–water partition coefficient (Wildman–Crippen LogP) is 0.966. The zero-order chi connectivity index (χ0) is 11.5. The Morgan fingerprint density at radius 3 is 2.75 bits per heavy atom. The third-order valence-electron chi connectivity index (χ3n) is 3.18. The molecule has 2 atom stereocenters. The van der Waals surface area contributed by atoms with Gasteiger partial charge >= 0.3 is 5.97 Å². The average Bonchev–Trinajstić information content (AvgIpc) is 3.06. The van der Waals surface area contributed by atoms with Gasteiger partial charge in [-0.25, -0.2) is 0 Å². The number of thioether (sulfide) groups is 1. The third kappa shape index (κ3) is 3.40. The maximum Gasteiger partial charge on any atom is 0.313 e. The van der Waals surface area contributed by atoms with Crippen molar-refractivity contribution in [3.8, 4) is 0 Å². The molecule has 4 nitrogen and oxygen atoms in total. The van der Waals surface area contributed by atoms with E-state index in [9.17, 15) is 9.59 Å². The van der Waals surface area contributed by atoms with Gasteiger partial charge in [0.2, 0.25) is 5.91 Å². The standard InChI is InChI=1S/C11H17NO3S/c13-10(14)6-16-4-3-12-11(15)9-5-8(9)7-1-2-7/h7-9H,1-6H2,(H,12,15)(H,13,14). The molecule has 2 rings (SSSR count). The van der Waals surface area contributed by atoms with Crippen LogP contribution in [0.1, 0.15) is 19.3 Å². The third-order valence-corrected chi connectivity index (χ3v) is 4.12. The molecular weight excluding hydrogens is 226 g/mol. The van der Waals surface area contributed by atoms with Gasteiger partial charge in [-0.3, -0.25) is 9.59 Å². The molecule has 0 aliphatic heterocycles. The van der Waals surface area contributed by atoms with Gasteiger partial charge in [-0.1, -0.05) is 0 Å². The SMILES string of the molecule is O=C(O)CSCCNC(=O)C1CC1C1CC1. The average molecular weight is 243 g/mol. The molecule has 16 heavy (non-hydrogen) atoms. The molecule has 2 aliphatic carbocycles. The molecule has 5 heteroatoms. The Morgan fingerprint density at radius 2 is 2.12 bits per heavy atom. The molecule has 0 spiro atoms. The normalized spacial score (nSPS) is 27.5. The smallest absolute Gasteiger partial charge is 0.313 e. The van der Waals surface area contributed by atoms with E-state index in [1.807, 2.05) is 0 Å². The number of hydrogen-bond acceptors (Lipinski definition) is 3. The second-order valence-corrected chi connectivity index (χ2v) is 5.69. The van der Waals surface area contributed by atoms with Gasteiger partial charge in [0.05, 0.1) is 5.75 Å². The summed E-state index contributed by atoms with van der Waals surface area (Å²) < 4.78 is 0. The van der Waals surface area contributed by atoms with Crippen LogP contribution in [0.15, 0.2) is 0 Å². The number of carboxylic acid groups (broad SMARTS) is 1. The molecule has 1 amide bonds. The highest BCUT2D eigenvalue weighted by Crippen LogP contribution is 2.54. The molecule has 0 radical (unpaired) electrons. The first-order chi connectivity index (χ1) is 7.68. The molecule has 0 aromatic heterocycles. The van der Waals surface area contributed by atoms with Crippen molar-refractivity contribution >= 4 is 23.6 Å². The number of amides is 1. The number of nitrogens with one attached hydrogen (secondary N) is 1. The fourth-order valence-corrected chi connectivity index (χ4v) is 2.66. The number of hydrogen-bond donors (Lipinski definition) is 2. The van der Waals surface area contributed by atoms with Crippen LogP contribution in [0.5, 0.6) is 0 Å². The van der Waals surface area contributed by atoms with Gasteiger partial charge < -0.3 is 10.4 Å². The molecule has 0 bridgehead atoms. The van der Waals surface area contributed by atoms with Crippen LogP contribution in [0.2, 0.25) is 0 Å². The minimum absolute atomic E-state index is 0.115. The Morgan fingerprint density at radius 1 is 1.38 bits per heavy atom. The fraction of sp³-hybridized carbons (Fsp3) is 0.818. The number of carboxylic acids is 1. The second-order valence-electron chi connectivity index (χ2n) is 4.58. The van der Waals surface area contributed by atoms with Crippen molar-refractivity contribution in [2.75, 3.05) is 18.1 Å². The molecule has 2 fully saturated rings. The second kappa shape index (κ2) is 5.08. The van der Waals surface area contributed by atoms with Crippen molar-refractivity contribution < 1.29 is 14.7 Å². The molecule has 90 valence electrons. The highest BCUT2D eigenvalue weighted by atomic mass is 32.2.